The standard InChI is InChI=1S/C8H16N2O2/c1-6(9-5)10-7(11)12-8(2,3)4/h1-5H3,(H,9,10,11). The summed E-state index contributed by atoms with van der Waals surface area (Å²) in [5.74, 6) is 0.546. The van der Waals surface area contributed by atoms with Crippen molar-refractivity contribution in [2.24, 2.45) is 4.99 Å². The van der Waals surface area contributed by atoms with Crippen molar-refractivity contribution in [2.45, 2.75) is 33.3 Å². The van der Waals surface area contributed by atoms with Crippen LogP contribution in [0.25, 0.3) is 0 Å². The second kappa shape index (κ2) is 4.09. The molecule has 0 atom stereocenters. The van der Waals surface area contributed by atoms with Crippen molar-refractivity contribution in [3.8, 4) is 0 Å². The van der Waals surface area contributed by atoms with Gasteiger partial charge < -0.3 is 4.74 Å². The zero-order chi connectivity index (χ0) is 9.78. The van der Waals surface area contributed by atoms with Gasteiger partial charge in [-0.25, -0.2) is 4.79 Å². The topological polar surface area (TPSA) is 50.7 Å². The van der Waals surface area contributed by atoms with E-state index in [-0.39, 0.29) is 0 Å². The van der Waals surface area contributed by atoms with Crippen LogP contribution in [0.1, 0.15) is 27.7 Å². The first kappa shape index (κ1) is 10.9. The maximum absolute atomic E-state index is 11.0. The largest absolute Gasteiger partial charge is 0.444 e. The van der Waals surface area contributed by atoms with Gasteiger partial charge in [-0.3, -0.25) is 10.3 Å². The number of rotatable bonds is 0. The Balaban J connectivity index is 3.92. The molecule has 4 heteroatoms. The highest BCUT2D eigenvalue weighted by atomic mass is 16.6. The fourth-order valence-electron chi connectivity index (χ4n) is 0.507. The molecule has 0 aromatic carbocycles. The van der Waals surface area contributed by atoms with Crippen LogP contribution in [0.2, 0.25) is 0 Å². The molecule has 0 bridgehead atoms. The zero-order valence-electron chi connectivity index (χ0n) is 8.26. The highest BCUT2D eigenvalue weighted by Crippen LogP contribution is 2.06. The lowest BCUT2D eigenvalue weighted by molar-refractivity contribution is 0.0563. The van der Waals surface area contributed by atoms with Crippen molar-refractivity contribution in [1.29, 1.82) is 0 Å². The number of aliphatic imine (C=N–C) groups is 1. The molecule has 0 unspecified atom stereocenters. The third-order valence-electron chi connectivity index (χ3n) is 1.02. The Morgan fingerprint density at radius 3 is 2.25 bits per heavy atom. The number of nitrogens with one attached hydrogen (secondary N) is 1. The number of amides is 1. The van der Waals surface area contributed by atoms with Gasteiger partial charge in [-0.15, -0.1) is 0 Å². The monoisotopic (exact) mass is 172 g/mol. The summed E-state index contributed by atoms with van der Waals surface area (Å²) in [6.45, 7) is 7.13. The van der Waals surface area contributed by atoms with Gasteiger partial charge in [0.15, 0.2) is 0 Å². The Morgan fingerprint density at radius 2 is 1.92 bits per heavy atom. The highest BCUT2D eigenvalue weighted by Gasteiger charge is 2.15. The third kappa shape index (κ3) is 5.70. The van der Waals surface area contributed by atoms with E-state index in [4.69, 9.17) is 4.74 Å². The van der Waals surface area contributed by atoms with Gasteiger partial charge in [-0.2, -0.15) is 0 Å². The molecule has 0 saturated heterocycles. The van der Waals surface area contributed by atoms with E-state index < -0.39 is 11.7 Å². The molecule has 0 fully saturated rings. The Hall–Kier alpha value is -1.06. The predicted molar refractivity (Wildman–Crippen MR) is 48.4 cm³/mol. The van der Waals surface area contributed by atoms with E-state index in [1.807, 2.05) is 20.8 Å². The lowest BCUT2D eigenvalue weighted by atomic mass is 10.2. The molecule has 0 aliphatic rings. The number of carbonyl (C=O) groups is 1. The van der Waals surface area contributed by atoms with E-state index in [2.05, 4.69) is 10.3 Å². The lowest BCUT2D eigenvalue weighted by Crippen LogP contribution is -2.35. The Morgan fingerprint density at radius 1 is 1.42 bits per heavy atom. The molecule has 0 aliphatic carbocycles. The van der Waals surface area contributed by atoms with Crippen molar-refractivity contribution in [3.63, 3.8) is 0 Å². The molecule has 70 valence electrons. The fraction of sp³-hybridized carbons (Fsp3) is 0.750. The number of ether oxygens (including phenoxy) is 1. The molecule has 0 aromatic heterocycles. The molecule has 4 nitrogen and oxygen atoms in total. The van der Waals surface area contributed by atoms with Crippen LogP contribution in [-0.2, 0) is 4.74 Å². The van der Waals surface area contributed by atoms with Gasteiger partial charge in [-0.1, -0.05) is 0 Å². The van der Waals surface area contributed by atoms with Crippen molar-refractivity contribution in [1.82, 2.24) is 5.32 Å². The predicted octanol–water partition coefficient (Wildman–Crippen LogP) is 1.56. The number of carbonyl (C=O) groups excluding carboxylic acids is 1. The normalized spacial score (nSPS) is 12.6. The summed E-state index contributed by atoms with van der Waals surface area (Å²) in [6, 6.07) is 0. The van der Waals surface area contributed by atoms with E-state index in [0.29, 0.717) is 5.84 Å². The first-order valence-corrected chi connectivity index (χ1v) is 3.78. The van der Waals surface area contributed by atoms with E-state index >= 15 is 0 Å². The summed E-state index contributed by atoms with van der Waals surface area (Å²) in [6.07, 6.45) is -0.467. The maximum Gasteiger partial charge on any atom is 0.413 e. The van der Waals surface area contributed by atoms with E-state index in [1.165, 1.54) is 0 Å². The summed E-state index contributed by atoms with van der Waals surface area (Å²) >= 11 is 0. The summed E-state index contributed by atoms with van der Waals surface area (Å²) in [5.41, 5.74) is -0.460. The highest BCUT2D eigenvalue weighted by molar-refractivity contribution is 5.93. The third-order valence-corrected chi connectivity index (χ3v) is 1.02. The molecule has 0 radical (unpaired) electrons. The van der Waals surface area contributed by atoms with Crippen molar-refractivity contribution < 1.29 is 9.53 Å². The first-order chi connectivity index (χ1) is 5.35. The average molecular weight is 172 g/mol. The molecule has 0 saturated carbocycles. The van der Waals surface area contributed by atoms with Gasteiger partial charge in [0.2, 0.25) is 0 Å². The van der Waals surface area contributed by atoms with Crippen molar-refractivity contribution in [3.05, 3.63) is 0 Å². The molecule has 1 amide bonds. The summed E-state index contributed by atoms with van der Waals surface area (Å²) in [4.78, 5) is 14.8. The van der Waals surface area contributed by atoms with Gasteiger partial charge in [0.25, 0.3) is 0 Å². The van der Waals surface area contributed by atoms with Crippen LogP contribution in [0, 0.1) is 0 Å². The maximum atomic E-state index is 11.0. The van der Waals surface area contributed by atoms with Gasteiger partial charge in [0.05, 0.1) is 0 Å². The first-order valence-electron chi connectivity index (χ1n) is 3.78. The minimum absolute atomic E-state index is 0.460. The second-order valence-corrected chi connectivity index (χ2v) is 3.44. The van der Waals surface area contributed by atoms with Crippen LogP contribution in [0.5, 0.6) is 0 Å². The molecule has 0 heterocycles. The Bertz CT molecular complexity index is 192. The smallest absolute Gasteiger partial charge is 0.413 e. The molecule has 0 aromatic rings. The van der Waals surface area contributed by atoms with Crippen molar-refractivity contribution >= 4 is 11.9 Å². The van der Waals surface area contributed by atoms with Crippen LogP contribution in [0.15, 0.2) is 4.99 Å². The number of nitrogens with zero attached hydrogens (tertiary/aromatic N) is 1. The van der Waals surface area contributed by atoms with Crippen molar-refractivity contribution in [2.75, 3.05) is 7.05 Å². The van der Waals surface area contributed by atoms with Gasteiger partial charge >= 0.3 is 6.09 Å². The zero-order valence-corrected chi connectivity index (χ0v) is 8.26. The summed E-state index contributed by atoms with van der Waals surface area (Å²) < 4.78 is 4.98. The molecular formula is C8H16N2O2. The average Bonchev–Trinajstić information content (AvgIpc) is 1.82. The molecule has 0 spiro atoms. The number of hydrogen-bond donors (Lipinski definition) is 1. The minimum Gasteiger partial charge on any atom is -0.444 e. The number of hydrogen-bond acceptors (Lipinski definition) is 3. The quantitative estimate of drug-likeness (QED) is 0.445. The van der Waals surface area contributed by atoms with Crippen LogP contribution < -0.4 is 5.32 Å². The van der Waals surface area contributed by atoms with Crippen LogP contribution in [-0.4, -0.2) is 24.6 Å². The second-order valence-electron chi connectivity index (χ2n) is 3.44. The lowest BCUT2D eigenvalue weighted by Gasteiger charge is -2.19. The van der Waals surface area contributed by atoms with Gasteiger partial charge in [0, 0.05) is 7.05 Å². The van der Waals surface area contributed by atoms with E-state index in [1.54, 1.807) is 14.0 Å². The Kier molecular flexibility index (Phi) is 3.73. The SMILES string of the molecule is CN=C(C)NC(=O)OC(C)(C)C. The molecule has 0 rings (SSSR count). The molecular weight excluding hydrogens is 156 g/mol. The number of amidine groups is 1. The summed E-state index contributed by atoms with van der Waals surface area (Å²) in [7, 11) is 1.60. The number of alkyl carbamates (subject to hydrolysis) is 1. The summed E-state index contributed by atoms with van der Waals surface area (Å²) in [5, 5.41) is 2.47. The van der Waals surface area contributed by atoms with Crippen LogP contribution >= 0.6 is 0 Å². The van der Waals surface area contributed by atoms with E-state index in [9.17, 15) is 4.79 Å². The molecule has 0 aliphatic heterocycles. The Labute approximate surface area is 73.0 Å². The van der Waals surface area contributed by atoms with Crippen LogP contribution in [0.3, 0.4) is 0 Å². The fourth-order valence-corrected chi connectivity index (χ4v) is 0.507. The van der Waals surface area contributed by atoms with Crippen LogP contribution in [0.4, 0.5) is 4.79 Å². The molecule has 12 heavy (non-hydrogen) atoms. The van der Waals surface area contributed by atoms with Gasteiger partial charge in [-0.05, 0) is 27.7 Å². The van der Waals surface area contributed by atoms with E-state index in [0.717, 1.165) is 0 Å². The minimum atomic E-state index is -0.467. The van der Waals surface area contributed by atoms with Gasteiger partial charge in [0.1, 0.15) is 11.4 Å². The molecule has 1 N–H and O–H groups in total.